The van der Waals surface area contributed by atoms with Gasteiger partial charge in [-0.1, -0.05) is 113 Å². The SMILES string of the molecule is CC(=O)C1=NN(c2ccccc2)[C@]2(S1)SC(c1ccc(Cl)cc1)(c1ccc(Cl)cc1)c1ccccc12. The van der Waals surface area contributed by atoms with Gasteiger partial charge in [0.15, 0.2) is 15.0 Å². The van der Waals surface area contributed by atoms with Gasteiger partial charge in [0.05, 0.1) is 10.4 Å². The van der Waals surface area contributed by atoms with Gasteiger partial charge in [-0.3, -0.25) is 4.79 Å². The summed E-state index contributed by atoms with van der Waals surface area (Å²) in [6.45, 7) is 1.57. The number of fused-ring (bicyclic) bond motifs is 2. The van der Waals surface area contributed by atoms with Crippen molar-refractivity contribution in [2.45, 2.75) is 15.9 Å². The van der Waals surface area contributed by atoms with Gasteiger partial charge in [-0.15, -0.1) is 0 Å². The van der Waals surface area contributed by atoms with Crippen molar-refractivity contribution < 1.29 is 4.79 Å². The van der Waals surface area contributed by atoms with Crippen LogP contribution < -0.4 is 5.01 Å². The topological polar surface area (TPSA) is 32.7 Å². The lowest BCUT2D eigenvalue weighted by Gasteiger charge is -2.37. The summed E-state index contributed by atoms with van der Waals surface area (Å²) in [5, 5.41) is 8.73. The fraction of sp³-hybridized carbons (Fsp3) is 0.103. The third-order valence-corrected chi connectivity index (χ3v) is 10.3. The van der Waals surface area contributed by atoms with E-state index in [1.54, 1.807) is 18.7 Å². The lowest BCUT2D eigenvalue weighted by Crippen LogP contribution is -2.34. The Morgan fingerprint density at radius 2 is 1.28 bits per heavy atom. The Kier molecular flexibility index (Phi) is 5.92. The van der Waals surface area contributed by atoms with Gasteiger partial charge in [-0.05, 0) is 53.1 Å². The minimum atomic E-state index is -0.696. The first-order chi connectivity index (χ1) is 17.4. The van der Waals surface area contributed by atoms with E-state index in [1.807, 2.05) is 59.6 Å². The summed E-state index contributed by atoms with van der Waals surface area (Å²) >= 11 is 15.9. The van der Waals surface area contributed by atoms with E-state index in [1.165, 1.54) is 11.8 Å². The summed E-state index contributed by atoms with van der Waals surface area (Å²) in [5.74, 6) is -0.0497. The molecule has 0 N–H and O–H groups in total. The fourth-order valence-electron chi connectivity index (χ4n) is 4.87. The molecule has 2 aliphatic heterocycles. The largest absolute Gasteiger partial charge is 0.292 e. The Morgan fingerprint density at radius 1 is 0.750 bits per heavy atom. The van der Waals surface area contributed by atoms with Crippen molar-refractivity contribution in [2.24, 2.45) is 5.10 Å². The first kappa shape index (κ1) is 23.7. The van der Waals surface area contributed by atoms with E-state index in [2.05, 4.69) is 48.5 Å². The molecule has 0 saturated heterocycles. The molecule has 4 aromatic rings. The average Bonchev–Trinajstić information content (AvgIpc) is 3.43. The van der Waals surface area contributed by atoms with Crippen LogP contribution in [0.3, 0.4) is 0 Å². The Morgan fingerprint density at radius 3 is 1.83 bits per heavy atom. The summed E-state index contributed by atoms with van der Waals surface area (Å²) in [6.07, 6.45) is 0. The molecule has 1 spiro atoms. The van der Waals surface area contributed by atoms with E-state index in [0.717, 1.165) is 27.9 Å². The quantitative estimate of drug-likeness (QED) is 0.257. The van der Waals surface area contributed by atoms with Crippen LogP contribution in [0.4, 0.5) is 5.69 Å². The van der Waals surface area contributed by atoms with Crippen molar-refractivity contribution in [1.29, 1.82) is 0 Å². The summed E-state index contributed by atoms with van der Waals surface area (Å²) in [4.78, 5) is 12.6. The Balaban J connectivity index is 1.65. The van der Waals surface area contributed by atoms with Gasteiger partial charge in [0.1, 0.15) is 0 Å². The molecule has 0 amide bonds. The highest BCUT2D eigenvalue weighted by atomic mass is 35.5. The average molecular weight is 548 g/mol. The number of rotatable bonds is 4. The van der Waals surface area contributed by atoms with Crippen molar-refractivity contribution in [1.82, 2.24) is 0 Å². The molecule has 6 rings (SSSR count). The molecule has 0 radical (unpaired) electrons. The highest BCUT2D eigenvalue weighted by molar-refractivity contribution is 8.27. The van der Waals surface area contributed by atoms with E-state index < -0.39 is 8.95 Å². The van der Waals surface area contributed by atoms with Gasteiger partial charge >= 0.3 is 0 Å². The van der Waals surface area contributed by atoms with E-state index >= 15 is 0 Å². The van der Waals surface area contributed by atoms with Crippen LogP contribution in [0.1, 0.15) is 29.2 Å². The zero-order chi connectivity index (χ0) is 24.9. The molecule has 0 aromatic heterocycles. The summed E-state index contributed by atoms with van der Waals surface area (Å²) in [5.41, 5.74) is 5.36. The molecule has 0 unspecified atom stereocenters. The van der Waals surface area contributed by atoms with Crippen LogP contribution in [0.2, 0.25) is 10.0 Å². The van der Waals surface area contributed by atoms with E-state index in [-0.39, 0.29) is 5.78 Å². The highest BCUT2D eigenvalue weighted by Gasteiger charge is 2.61. The number of hydrazone groups is 1. The zero-order valence-corrected chi connectivity index (χ0v) is 22.3. The molecule has 36 heavy (non-hydrogen) atoms. The van der Waals surface area contributed by atoms with Crippen LogP contribution in [0.15, 0.2) is 108 Å². The number of ketones is 1. The van der Waals surface area contributed by atoms with Crippen molar-refractivity contribution in [3.05, 3.63) is 135 Å². The lowest BCUT2D eigenvalue weighted by molar-refractivity contribution is -0.110. The number of halogens is 2. The van der Waals surface area contributed by atoms with E-state index in [0.29, 0.717) is 15.1 Å². The molecule has 0 saturated carbocycles. The number of hydrogen-bond donors (Lipinski definition) is 0. The summed E-state index contributed by atoms with van der Waals surface area (Å²) in [7, 11) is 0. The normalized spacial score (nSPS) is 19.9. The molecule has 2 aliphatic rings. The summed E-state index contributed by atoms with van der Waals surface area (Å²) < 4.78 is -1.29. The number of nitrogens with zero attached hydrogens (tertiary/aromatic N) is 2. The number of carbonyl (C=O) groups is 1. The molecule has 3 nitrogen and oxygen atoms in total. The molecule has 0 fully saturated rings. The van der Waals surface area contributed by atoms with E-state index in [4.69, 9.17) is 28.3 Å². The lowest BCUT2D eigenvalue weighted by atomic mass is 9.82. The maximum Gasteiger partial charge on any atom is 0.187 e. The third-order valence-electron chi connectivity index (χ3n) is 6.45. The molecule has 0 aliphatic carbocycles. The minimum absolute atomic E-state index is 0.0497. The van der Waals surface area contributed by atoms with E-state index in [9.17, 15) is 4.79 Å². The van der Waals surface area contributed by atoms with Crippen LogP contribution in [-0.2, 0) is 13.7 Å². The van der Waals surface area contributed by atoms with Crippen LogP contribution >= 0.6 is 46.7 Å². The molecule has 2 heterocycles. The van der Waals surface area contributed by atoms with Gasteiger partial charge in [-0.25, -0.2) is 5.01 Å². The maximum absolute atomic E-state index is 12.6. The second kappa shape index (κ2) is 9.00. The Hall–Kier alpha value is -2.70. The standard InChI is InChI=1S/C29H20Cl2N2OS2/c1-19(34)27-32-33(24-7-3-2-4-8-24)29(35-27)26-10-6-5-9-25(26)28(36-29,20-11-15-22(30)16-12-20)21-13-17-23(31)18-14-21/h2-18H,1H3/t29-/m1/s1. The van der Waals surface area contributed by atoms with Crippen LogP contribution in [0.5, 0.6) is 0 Å². The third kappa shape index (κ3) is 3.60. The molecular weight excluding hydrogens is 527 g/mol. The second-order valence-corrected chi connectivity index (χ2v) is 12.4. The number of Topliss-reactive ketones (excluding diaryl/α,β-unsaturated/α-hetero) is 1. The van der Waals surface area contributed by atoms with Crippen molar-refractivity contribution in [2.75, 3.05) is 5.01 Å². The van der Waals surface area contributed by atoms with Crippen molar-refractivity contribution in [3.8, 4) is 0 Å². The monoisotopic (exact) mass is 546 g/mol. The van der Waals surface area contributed by atoms with Crippen LogP contribution in [0.25, 0.3) is 0 Å². The van der Waals surface area contributed by atoms with Crippen molar-refractivity contribution in [3.63, 3.8) is 0 Å². The molecule has 0 bridgehead atoms. The number of anilines is 1. The molecular formula is C29H20Cl2N2OS2. The molecule has 7 heteroatoms. The second-order valence-electron chi connectivity index (χ2n) is 8.64. The van der Waals surface area contributed by atoms with Crippen LogP contribution in [-0.4, -0.2) is 10.8 Å². The van der Waals surface area contributed by atoms with Gasteiger partial charge in [0.25, 0.3) is 0 Å². The predicted molar refractivity (Wildman–Crippen MR) is 153 cm³/mol. The van der Waals surface area contributed by atoms with Gasteiger partial charge in [0.2, 0.25) is 0 Å². The number of hydrogen-bond acceptors (Lipinski definition) is 5. The minimum Gasteiger partial charge on any atom is -0.292 e. The molecule has 1 atom stereocenters. The van der Waals surface area contributed by atoms with Gasteiger partial charge in [0, 0.05) is 22.5 Å². The maximum atomic E-state index is 12.6. The van der Waals surface area contributed by atoms with Gasteiger partial charge in [-0.2, -0.15) is 5.10 Å². The number of para-hydroxylation sites is 1. The number of thioether (sulfide) groups is 2. The first-order valence-electron chi connectivity index (χ1n) is 11.4. The fourth-order valence-corrected chi connectivity index (χ4v) is 8.68. The predicted octanol–water partition coefficient (Wildman–Crippen LogP) is 8.30. The number of carbonyl (C=O) groups excluding carboxylic acids is 1. The molecule has 4 aromatic carbocycles. The Bertz CT molecular complexity index is 1440. The van der Waals surface area contributed by atoms with Gasteiger partial charge < -0.3 is 0 Å². The molecule has 178 valence electrons. The number of benzene rings is 4. The van der Waals surface area contributed by atoms with Crippen LogP contribution in [0, 0.1) is 0 Å². The zero-order valence-electron chi connectivity index (χ0n) is 19.2. The Labute approximate surface area is 228 Å². The highest BCUT2D eigenvalue weighted by Crippen LogP contribution is 2.70. The smallest absolute Gasteiger partial charge is 0.187 e. The summed E-state index contributed by atoms with van der Waals surface area (Å²) in [6, 6.07) is 34.5. The van der Waals surface area contributed by atoms with Crippen molar-refractivity contribution >= 4 is 63.2 Å². The first-order valence-corrected chi connectivity index (χ1v) is 13.8.